The smallest absolute Gasteiger partial charge is 0.333 e. The van der Waals surface area contributed by atoms with Crippen LogP contribution < -0.4 is 4.74 Å². The third kappa shape index (κ3) is 6.62. The predicted molar refractivity (Wildman–Crippen MR) is 97.6 cm³/mol. The Balaban J connectivity index is 1.87. The lowest BCUT2D eigenvalue weighted by atomic mass is 10.1. The number of aliphatic hydroxyl groups excluding tert-OH is 1. The highest BCUT2D eigenvalue weighted by molar-refractivity contribution is 5.72. The van der Waals surface area contributed by atoms with Gasteiger partial charge in [-0.15, -0.1) is 0 Å². The molecule has 7 heteroatoms. The molecule has 0 bridgehead atoms. The Kier molecular flexibility index (Phi) is 8.16. The summed E-state index contributed by atoms with van der Waals surface area (Å²) in [5.41, 5.74) is 2.36. The molecule has 0 spiro atoms. The van der Waals surface area contributed by atoms with Crippen molar-refractivity contribution < 1.29 is 28.9 Å². The minimum absolute atomic E-state index is 0.0508. The summed E-state index contributed by atoms with van der Waals surface area (Å²) < 4.78 is 22.7. The number of carboxylic acid groups (broad SMARTS) is 1. The second kappa shape index (κ2) is 10.6. The number of pyridine rings is 1. The maximum absolute atomic E-state index is 12.2. The van der Waals surface area contributed by atoms with Gasteiger partial charge in [-0.25, -0.2) is 9.18 Å². The number of carbonyl (C=O) groups is 1. The summed E-state index contributed by atoms with van der Waals surface area (Å²) in [5, 5.41) is 19.3. The Morgan fingerprint density at radius 3 is 2.44 bits per heavy atom. The highest BCUT2D eigenvalue weighted by Gasteiger charge is 2.18. The van der Waals surface area contributed by atoms with Crippen molar-refractivity contribution in [2.24, 2.45) is 0 Å². The largest absolute Gasteiger partial charge is 0.490 e. The molecule has 0 saturated heterocycles. The van der Waals surface area contributed by atoms with Gasteiger partial charge in [-0.05, 0) is 35.7 Å². The van der Waals surface area contributed by atoms with E-state index in [-0.39, 0.29) is 19.6 Å². The van der Waals surface area contributed by atoms with Crippen molar-refractivity contribution in [2.45, 2.75) is 32.0 Å². The number of aliphatic hydroxyl groups is 1. The number of aryl methyl sites for hydroxylation is 1. The maximum Gasteiger partial charge on any atom is 0.333 e. The third-order valence-corrected chi connectivity index (χ3v) is 4.02. The number of hydrogen-bond donors (Lipinski definition) is 2. The van der Waals surface area contributed by atoms with Crippen LogP contribution in [0, 0.1) is 0 Å². The van der Waals surface area contributed by atoms with Crippen LogP contribution in [0.25, 0.3) is 0 Å². The number of nitrogens with zero attached hydrogens (tertiary/aromatic N) is 1. The average Bonchev–Trinajstić information content (AvgIpc) is 2.70. The lowest BCUT2D eigenvalue weighted by molar-refractivity contribution is -0.150. The van der Waals surface area contributed by atoms with Crippen molar-refractivity contribution >= 4 is 5.97 Å². The zero-order valence-corrected chi connectivity index (χ0v) is 15.2. The van der Waals surface area contributed by atoms with Crippen LogP contribution in [0.3, 0.4) is 0 Å². The van der Waals surface area contributed by atoms with E-state index in [9.17, 15) is 14.3 Å². The van der Waals surface area contributed by atoms with E-state index in [2.05, 4.69) is 4.98 Å². The number of hydrogen-bond acceptors (Lipinski definition) is 5. The van der Waals surface area contributed by atoms with Crippen LogP contribution >= 0.6 is 0 Å². The summed E-state index contributed by atoms with van der Waals surface area (Å²) in [6.07, 6.45) is 0.810. The topological polar surface area (TPSA) is 88.9 Å². The van der Waals surface area contributed by atoms with Gasteiger partial charge in [0.05, 0.1) is 12.3 Å². The Labute approximate surface area is 157 Å². The van der Waals surface area contributed by atoms with E-state index >= 15 is 0 Å². The summed E-state index contributed by atoms with van der Waals surface area (Å²) in [4.78, 5) is 15.3. The van der Waals surface area contributed by atoms with Crippen LogP contribution in [0.2, 0.25) is 0 Å². The molecule has 0 radical (unpaired) electrons. The fourth-order valence-corrected chi connectivity index (χ4v) is 2.44. The molecule has 0 fully saturated rings. The van der Waals surface area contributed by atoms with Gasteiger partial charge in [0.15, 0.2) is 6.10 Å². The lowest BCUT2D eigenvalue weighted by Crippen LogP contribution is -2.27. The van der Waals surface area contributed by atoms with Crippen LogP contribution in [0.1, 0.15) is 29.8 Å². The van der Waals surface area contributed by atoms with Crippen LogP contribution in [-0.2, 0) is 22.4 Å². The molecule has 2 unspecified atom stereocenters. The molecule has 2 rings (SSSR count). The molecule has 1 heterocycles. The van der Waals surface area contributed by atoms with Gasteiger partial charge >= 0.3 is 5.97 Å². The predicted octanol–water partition coefficient (Wildman–Crippen LogP) is 2.74. The molecule has 0 aliphatic carbocycles. The Morgan fingerprint density at radius 2 is 1.89 bits per heavy atom. The molecule has 6 nitrogen and oxygen atoms in total. The summed E-state index contributed by atoms with van der Waals surface area (Å²) in [7, 11) is 0. The van der Waals surface area contributed by atoms with Gasteiger partial charge in [0.25, 0.3) is 0 Å². The fourth-order valence-electron chi connectivity index (χ4n) is 2.44. The highest BCUT2D eigenvalue weighted by atomic mass is 19.1. The lowest BCUT2D eigenvalue weighted by Gasteiger charge is -2.14. The fraction of sp³-hybridized carbons (Fsp3) is 0.400. The first kappa shape index (κ1) is 20.8. The van der Waals surface area contributed by atoms with E-state index in [0.717, 1.165) is 17.5 Å². The standard InChI is InChI=1S/C20H24FNO5/c1-2-14-5-8-17(22-12-14)18(23)13-27-16-6-3-15(4-7-16)11-19(20(24)25)26-10-9-21/h3-8,12,18-19,23H,2,9-11,13H2,1H3,(H,24,25). The molecule has 0 aliphatic heterocycles. The molecular formula is C20H24FNO5. The average molecular weight is 377 g/mol. The van der Waals surface area contributed by atoms with Crippen LogP contribution in [0.15, 0.2) is 42.6 Å². The van der Waals surface area contributed by atoms with Crippen LogP contribution in [-0.4, -0.2) is 47.2 Å². The van der Waals surface area contributed by atoms with Crippen molar-refractivity contribution in [3.63, 3.8) is 0 Å². The highest BCUT2D eigenvalue weighted by Crippen LogP contribution is 2.17. The van der Waals surface area contributed by atoms with Crippen molar-refractivity contribution in [3.05, 3.63) is 59.4 Å². The second-order valence-electron chi connectivity index (χ2n) is 6.01. The van der Waals surface area contributed by atoms with Crippen molar-refractivity contribution in [1.29, 1.82) is 0 Å². The van der Waals surface area contributed by atoms with E-state index in [4.69, 9.17) is 14.6 Å². The van der Waals surface area contributed by atoms with Crippen LogP contribution in [0.4, 0.5) is 4.39 Å². The first-order chi connectivity index (χ1) is 13.0. The Bertz CT molecular complexity index is 705. The molecule has 0 saturated carbocycles. The van der Waals surface area contributed by atoms with E-state index in [1.54, 1.807) is 36.5 Å². The van der Waals surface area contributed by atoms with Crippen molar-refractivity contribution in [1.82, 2.24) is 4.98 Å². The molecule has 2 atom stereocenters. The van der Waals surface area contributed by atoms with E-state index in [1.807, 2.05) is 13.0 Å². The summed E-state index contributed by atoms with van der Waals surface area (Å²) >= 11 is 0. The normalized spacial score (nSPS) is 13.1. The Morgan fingerprint density at radius 1 is 1.19 bits per heavy atom. The number of benzene rings is 1. The van der Waals surface area contributed by atoms with Crippen molar-refractivity contribution in [2.75, 3.05) is 19.9 Å². The SMILES string of the molecule is CCc1ccc(C(O)COc2ccc(CC(OCCF)C(=O)O)cc2)nc1. The number of aliphatic carboxylic acids is 1. The first-order valence-corrected chi connectivity index (χ1v) is 8.78. The number of alkyl halides is 1. The number of rotatable bonds is 11. The minimum atomic E-state index is -1.13. The third-order valence-electron chi connectivity index (χ3n) is 4.02. The molecule has 0 amide bonds. The number of ether oxygens (including phenoxy) is 2. The summed E-state index contributed by atoms with van der Waals surface area (Å²) in [6, 6.07) is 10.5. The van der Waals surface area contributed by atoms with Gasteiger partial charge in [0, 0.05) is 12.6 Å². The molecular weight excluding hydrogens is 353 g/mol. The summed E-state index contributed by atoms with van der Waals surface area (Å²) in [6.45, 7) is 1.11. The molecule has 2 aromatic rings. The summed E-state index contributed by atoms with van der Waals surface area (Å²) in [5.74, 6) is -0.590. The number of carboxylic acids is 1. The Hall–Kier alpha value is -2.51. The monoisotopic (exact) mass is 377 g/mol. The molecule has 1 aromatic heterocycles. The zero-order valence-electron chi connectivity index (χ0n) is 15.2. The molecule has 27 heavy (non-hydrogen) atoms. The van der Waals surface area contributed by atoms with E-state index < -0.39 is 24.9 Å². The van der Waals surface area contributed by atoms with Gasteiger partial charge < -0.3 is 19.7 Å². The molecule has 146 valence electrons. The quantitative estimate of drug-likeness (QED) is 0.626. The molecule has 2 N–H and O–H groups in total. The number of halogens is 1. The van der Waals surface area contributed by atoms with Gasteiger partial charge in [0.1, 0.15) is 25.1 Å². The van der Waals surface area contributed by atoms with Gasteiger partial charge in [0.2, 0.25) is 0 Å². The maximum atomic E-state index is 12.2. The van der Waals surface area contributed by atoms with Gasteiger partial charge in [-0.1, -0.05) is 25.1 Å². The van der Waals surface area contributed by atoms with Gasteiger partial charge in [-0.3, -0.25) is 4.98 Å². The van der Waals surface area contributed by atoms with Crippen LogP contribution in [0.5, 0.6) is 5.75 Å². The first-order valence-electron chi connectivity index (χ1n) is 8.78. The van der Waals surface area contributed by atoms with E-state index in [0.29, 0.717) is 11.4 Å². The van der Waals surface area contributed by atoms with Gasteiger partial charge in [-0.2, -0.15) is 0 Å². The zero-order chi connectivity index (χ0) is 19.6. The number of aromatic nitrogens is 1. The van der Waals surface area contributed by atoms with Crippen molar-refractivity contribution in [3.8, 4) is 5.75 Å². The second-order valence-corrected chi connectivity index (χ2v) is 6.01. The molecule has 0 aliphatic rings. The minimum Gasteiger partial charge on any atom is -0.490 e. The van der Waals surface area contributed by atoms with E-state index in [1.165, 1.54) is 0 Å². The molecule has 1 aromatic carbocycles.